The van der Waals surface area contributed by atoms with Gasteiger partial charge in [-0.2, -0.15) is 0 Å². The number of hydrogen-bond donors (Lipinski definition) is 1. The predicted molar refractivity (Wildman–Crippen MR) is 64.2 cm³/mol. The molecular formula is C13H13NO2. The Morgan fingerprint density at radius 1 is 1.38 bits per heavy atom. The number of aromatic nitrogens is 1. The summed E-state index contributed by atoms with van der Waals surface area (Å²) in [4.78, 5) is 10.6. The molecule has 1 aromatic carbocycles. The van der Waals surface area contributed by atoms with Crippen LogP contribution in [-0.2, 0) is 11.8 Å². The highest BCUT2D eigenvalue weighted by Crippen LogP contribution is 2.21. The molecular weight excluding hydrogens is 202 g/mol. The van der Waals surface area contributed by atoms with Crippen molar-refractivity contribution in [2.45, 2.75) is 6.92 Å². The Labute approximate surface area is 93.6 Å². The van der Waals surface area contributed by atoms with Crippen molar-refractivity contribution in [1.82, 2.24) is 4.57 Å². The van der Waals surface area contributed by atoms with Crippen molar-refractivity contribution >= 4 is 22.4 Å². The van der Waals surface area contributed by atoms with Gasteiger partial charge in [0.05, 0.1) is 0 Å². The zero-order valence-corrected chi connectivity index (χ0v) is 9.27. The van der Waals surface area contributed by atoms with E-state index in [1.165, 1.54) is 6.08 Å². The van der Waals surface area contributed by atoms with Gasteiger partial charge >= 0.3 is 5.97 Å². The molecule has 0 amide bonds. The first kappa shape index (κ1) is 10.5. The number of hydrogen-bond acceptors (Lipinski definition) is 1. The molecule has 0 spiro atoms. The predicted octanol–water partition coefficient (Wildman–Crippen LogP) is 2.67. The molecule has 0 saturated heterocycles. The molecule has 16 heavy (non-hydrogen) atoms. The number of carbonyl (C=O) groups is 1. The minimum Gasteiger partial charge on any atom is -0.478 e. The second kappa shape index (κ2) is 3.85. The van der Waals surface area contributed by atoms with Crippen molar-refractivity contribution in [3.8, 4) is 0 Å². The number of carboxylic acids is 1. The Bertz CT molecular complexity index is 579. The number of aliphatic carboxylic acids is 1. The number of benzene rings is 1. The first-order valence-corrected chi connectivity index (χ1v) is 5.04. The summed E-state index contributed by atoms with van der Waals surface area (Å²) in [5.74, 6) is -0.911. The zero-order valence-electron chi connectivity index (χ0n) is 9.27. The molecule has 2 aromatic rings. The third-order valence-electron chi connectivity index (χ3n) is 2.68. The molecule has 0 aliphatic carbocycles. The lowest BCUT2D eigenvalue weighted by Crippen LogP contribution is -1.90. The molecule has 0 atom stereocenters. The maximum atomic E-state index is 10.6. The van der Waals surface area contributed by atoms with Crippen LogP contribution in [0.1, 0.15) is 12.5 Å². The monoisotopic (exact) mass is 215 g/mol. The second-order valence-corrected chi connectivity index (χ2v) is 3.87. The highest BCUT2D eigenvalue weighted by Gasteiger charge is 2.02. The fourth-order valence-electron chi connectivity index (χ4n) is 1.80. The van der Waals surface area contributed by atoms with Crippen LogP contribution in [0.5, 0.6) is 0 Å². The first-order chi connectivity index (χ1) is 7.58. The molecule has 1 N–H and O–H groups in total. The highest BCUT2D eigenvalue weighted by molar-refractivity contribution is 5.91. The van der Waals surface area contributed by atoms with Gasteiger partial charge in [-0.15, -0.1) is 0 Å². The quantitative estimate of drug-likeness (QED) is 0.782. The summed E-state index contributed by atoms with van der Waals surface area (Å²) in [5.41, 5.74) is 2.85. The third-order valence-corrected chi connectivity index (χ3v) is 2.68. The van der Waals surface area contributed by atoms with Gasteiger partial charge in [-0.1, -0.05) is 6.07 Å². The fraction of sp³-hybridized carbons (Fsp3) is 0.154. The molecule has 82 valence electrons. The lowest BCUT2D eigenvalue weighted by Gasteiger charge is -2.02. The van der Waals surface area contributed by atoms with Crippen molar-refractivity contribution in [2.75, 3.05) is 0 Å². The topological polar surface area (TPSA) is 42.2 Å². The largest absolute Gasteiger partial charge is 0.478 e. The average Bonchev–Trinajstić information content (AvgIpc) is 2.59. The molecule has 0 bridgehead atoms. The first-order valence-electron chi connectivity index (χ1n) is 5.04. The average molecular weight is 215 g/mol. The number of nitrogens with zero attached hydrogens (tertiary/aromatic N) is 1. The smallest absolute Gasteiger partial charge is 0.328 e. The Morgan fingerprint density at radius 3 is 2.81 bits per heavy atom. The minimum atomic E-state index is -0.911. The summed E-state index contributed by atoms with van der Waals surface area (Å²) in [6.45, 7) is 1.80. The summed E-state index contributed by atoms with van der Waals surface area (Å²) in [6.07, 6.45) is 3.22. The summed E-state index contributed by atoms with van der Waals surface area (Å²) in [5, 5.41) is 9.81. The Balaban J connectivity index is 2.51. The normalized spacial score (nSPS) is 12.0. The van der Waals surface area contributed by atoms with E-state index >= 15 is 0 Å². The van der Waals surface area contributed by atoms with E-state index < -0.39 is 5.97 Å². The highest BCUT2D eigenvalue weighted by atomic mass is 16.4. The van der Waals surface area contributed by atoms with Crippen molar-refractivity contribution in [3.05, 3.63) is 42.1 Å². The van der Waals surface area contributed by atoms with E-state index in [2.05, 4.69) is 0 Å². The van der Waals surface area contributed by atoms with Gasteiger partial charge < -0.3 is 9.67 Å². The number of allylic oxidation sites excluding steroid dienone is 1. The van der Waals surface area contributed by atoms with Gasteiger partial charge in [-0.25, -0.2) is 4.79 Å². The van der Waals surface area contributed by atoms with E-state index in [9.17, 15) is 4.79 Å². The van der Waals surface area contributed by atoms with Crippen LogP contribution >= 0.6 is 0 Å². The van der Waals surface area contributed by atoms with Crippen molar-refractivity contribution in [2.24, 2.45) is 7.05 Å². The lowest BCUT2D eigenvalue weighted by molar-refractivity contribution is -0.131. The van der Waals surface area contributed by atoms with Gasteiger partial charge in [0.15, 0.2) is 0 Å². The molecule has 1 heterocycles. The van der Waals surface area contributed by atoms with Crippen molar-refractivity contribution in [3.63, 3.8) is 0 Å². The molecule has 0 fully saturated rings. The van der Waals surface area contributed by atoms with Gasteiger partial charge in [0.1, 0.15) is 0 Å². The molecule has 1 aromatic heterocycles. The Kier molecular flexibility index (Phi) is 2.52. The van der Waals surface area contributed by atoms with Crippen LogP contribution in [-0.4, -0.2) is 15.6 Å². The van der Waals surface area contributed by atoms with Gasteiger partial charge in [-0.05, 0) is 36.3 Å². The Hall–Kier alpha value is -2.03. The molecule has 3 heteroatoms. The zero-order chi connectivity index (χ0) is 11.7. The van der Waals surface area contributed by atoms with E-state index in [4.69, 9.17) is 5.11 Å². The fourth-order valence-corrected chi connectivity index (χ4v) is 1.80. The van der Waals surface area contributed by atoms with Gasteiger partial charge in [0.25, 0.3) is 0 Å². The van der Waals surface area contributed by atoms with E-state index in [0.717, 1.165) is 22.0 Å². The van der Waals surface area contributed by atoms with E-state index in [1.54, 1.807) is 6.92 Å². The van der Waals surface area contributed by atoms with Crippen LogP contribution in [0.15, 0.2) is 36.5 Å². The second-order valence-electron chi connectivity index (χ2n) is 3.87. The maximum absolute atomic E-state index is 10.6. The molecule has 0 aliphatic heterocycles. The maximum Gasteiger partial charge on any atom is 0.328 e. The van der Waals surface area contributed by atoms with Crippen molar-refractivity contribution in [1.29, 1.82) is 0 Å². The summed E-state index contributed by atoms with van der Waals surface area (Å²) < 4.78 is 2.04. The van der Waals surface area contributed by atoms with Gasteiger partial charge in [0.2, 0.25) is 0 Å². The molecule has 0 saturated carbocycles. The standard InChI is InChI=1S/C13H13NO2/c1-9(7-13(15)16)10-3-4-12-11(8-10)5-6-14(12)2/h3-8H,1-2H3,(H,15,16)/b9-7+. The number of fused-ring (bicyclic) bond motifs is 1. The third kappa shape index (κ3) is 1.84. The minimum absolute atomic E-state index is 0.762. The molecule has 2 rings (SSSR count). The van der Waals surface area contributed by atoms with Crippen LogP contribution < -0.4 is 0 Å². The summed E-state index contributed by atoms with van der Waals surface area (Å²) in [6, 6.07) is 7.97. The van der Waals surface area contributed by atoms with E-state index in [1.807, 2.05) is 42.1 Å². The van der Waals surface area contributed by atoms with Crippen molar-refractivity contribution < 1.29 is 9.90 Å². The van der Waals surface area contributed by atoms with Crippen LogP contribution in [0.4, 0.5) is 0 Å². The molecule has 3 nitrogen and oxygen atoms in total. The Morgan fingerprint density at radius 2 is 2.12 bits per heavy atom. The van der Waals surface area contributed by atoms with E-state index in [0.29, 0.717) is 0 Å². The summed E-state index contributed by atoms with van der Waals surface area (Å²) >= 11 is 0. The van der Waals surface area contributed by atoms with Crippen LogP contribution in [0.25, 0.3) is 16.5 Å². The van der Waals surface area contributed by atoms with E-state index in [-0.39, 0.29) is 0 Å². The molecule has 0 radical (unpaired) electrons. The number of rotatable bonds is 2. The SMILES string of the molecule is C/C(=C\C(=O)O)c1ccc2c(ccn2C)c1. The molecule has 0 aliphatic rings. The van der Waals surface area contributed by atoms with Gasteiger partial charge in [0, 0.05) is 30.2 Å². The number of carboxylic acid groups (broad SMARTS) is 1. The van der Waals surface area contributed by atoms with Crippen LogP contribution in [0, 0.1) is 0 Å². The number of aryl methyl sites for hydroxylation is 1. The lowest BCUT2D eigenvalue weighted by atomic mass is 10.1. The summed E-state index contributed by atoms with van der Waals surface area (Å²) in [7, 11) is 1.99. The molecule has 0 unspecified atom stereocenters. The van der Waals surface area contributed by atoms with Crippen LogP contribution in [0.3, 0.4) is 0 Å². The van der Waals surface area contributed by atoms with Gasteiger partial charge in [-0.3, -0.25) is 0 Å². The van der Waals surface area contributed by atoms with Crippen LogP contribution in [0.2, 0.25) is 0 Å².